The van der Waals surface area contributed by atoms with Gasteiger partial charge in [-0.15, -0.1) is 0 Å². The Morgan fingerprint density at radius 1 is 0.857 bits per heavy atom. The first-order valence-corrected chi connectivity index (χ1v) is 10.4. The van der Waals surface area contributed by atoms with Crippen molar-refractivity contribution in [2.24, 2.45) is 0 Å². The lowest BCUT2D eigenvalue weighted by atomic mass is 10.2. The lowest BCUT2D eigenvalue weighted by molar-refractivity contribution is 0.385. The number of nitrogens with zero attached hydrogens (tertiary/aromatic N) is 2. The van der Waals surface area contributed by atoms with Crippen molar-refractivity contribution in [3.05, 3.63) is 75.4 Å². The molecule has 4 rings (SSSR count). The summed E-state index contributed by atoms with van der Waals surface area (Å²) in [5, 5.41) is 1.95. The zero-order valence-corrected chi connectivity index (χ0v) is 18.0. The van der Waals surface area contributed by atoms with Crippen molar-refractivity contribution >= 4 is 57.7 Å². The molecule has 1 saturated heterocycles. The summed E-state index contributed by atoms with van der Waals surface area (Å²) < 4.78 is 5.99. The number of piperazine rings is 1. The van der Waals surface area contributed by atoms with E-state index in [0.29, 0.717) is 26.6 Å². The van der Waals surface area contributed by atoms with E-state index in [2.05, 4.69) is 15.9 Å². The van der Waals surface area contributed by atoms with Gasteiger partial charge in [0.25, 0.3) is 0 Å². The van der Waals surface area contributed by atoms with E-state index < -0.39 is 0 Å². The molecule has 1 aromatic heterocycles. The minimum Gasteiger partial charge on any atom is -0.454 e. The predicted octanol–water partition coefficient (Wildman–Crippen LogP) is 6.40. The SMILES string of the molecule is S=C(c1ccc(-c2cc(Cl)ccc2Cl)o1)N1CCN(c2cccc(Cl)c2)CC1. The van der Waals surface area contributed by atoms with E-state index in [0.717, 1.165) is 42.5 Å². The van der Waals surface area contributed by atoms with Gasteiger partial charge >= 0.3 is 0 Å². The third-order valence-corrected chi connectivity index (χ3v) is 6.01. The Labute approximate surface area is 184 Å². The third-order valence-electron chi connectivity index (χ3n) is 4.75. The van der Waals surface area contributed by atoms with Gasteiger partial charge in [-0.25, -0.2) is 0 Å². The fraction of sp³-hybridized carbons (Fsp3) is 0.190. The Kier molecular flexibility index (Phi) is 5.83. The summed E-state index contributed by atoms with van der Waals surface area (Å²) in [5.41, 5.74) is 1.89. The smallest absolute Gasteiger partial charge is 0.162 e. The summed E-state index contributed by atoms with van der Waals surface area (Å²) in [6.07, 6.45) is 0. The minimum atomic E-state index is 0.589. The number of halogens is 3. The Morgan fingerprint density at radius 3 is 2.36 bits per heavy atom. The van der Waals surface area contributed by atoms with Crippen LogP contribution in [0.4, 0.5) is 5.69 Å². The van der Waals surface area contributed by atoms with Crippen LogP contribution in [0.15, 0.2) is 59.0 Å². The molecule has 144 valence electrons. The number of benzene rings is 2. The third kappa shape index (κ3) is 4.15. The molecule has 0 atom stereocenters. The molecule has 2 aromatic carbocycles. The highest BCUT2D eigenvalue weighted by atomic mass is 35.5. The van der Waals surface area contributed by atoms with Crippen LogP contribution in [0, 0.1) is 0 Å². The van der Waals surface area contributed by atoms with Crippen molar-refractivity contribution < 1.29 is 4.42 Å². The molecular weight excluding hydrogens is 435 g/mol. The molecule has 0 N–H and O–H groups in total. The van der Waals surface area contributed by atoms with Crippen LogP contribution >= 0.6 is 47.0 Å². The minimum absolute atomic E-state index is 0.589. The molecule has 2 heterocycles. The summed E-state index contributed by atoms with van der Waals surface area (Å²) in [6, 6.07) is 17.0. The second-order valence-corrected chi connectivity index (χ2v) is 8.21. The van der Waals surface area contributed by atoms with Gasteiger partial charge in [0, 0.05) is 47.5 Å². The highest BCUT2D eigenvalue weighted by Crippen LogP contribution is 2.32. The van der Waals surface area contributed by atoms with E-state index >= 15 is 0 Å². The highest BCUT2D eigenvalue weighted by Gasteiger charge is 2.22. The van der Waals surface area contributed by atoms with Crippen LogP contribution < -0.4 is 4.90 Å². The van der Waals surface area contributed by atoms with Crippen molar-refractivity contribution in [3.63, 3.8) is 0 Å². The van der Waals surface area contributed by atoms with Gasteiger partial charge in [0.1, 0.15) is 10.7 Å². The monoisotopic (exact) mass is 450 g/mol. The van der Waals surface area contributed by atoms with E-state index in [9.17, 15) is 0 Å². The number of hydrogen-bond acceptors (Lipinski definition) is 3. The van der Waals surface area contributed by atoms with Crippen molar-refractivity contribution in [2.45, 2.75) is 0 Å². The molecule has 1 aliphatic heterocycles. The Bertz CT molecular complexity index is 1010. The van der Waals surface area contributed by atoms with Gasteiger partial charge in [0.15, 0.2) is 5.76 Å². The molecule has 1 aliphatic rings. The van der Waals surface area contributed by atoms with Crippen LogP contribution in [0.3, 0.4) is 0 Å². The molecule has 0 amide bonds. The number of rotatable bonds is 3. The van der Waals surface area contributed by atoms with Crippen molar-refractivity contribution in [2.75, 3.05) is 31.1 Å². The molecule has 3 nitrogen and oxygen atoms in total. The molecule has 3 aromatic rings. The number of hydrogen-bond donors (Lipinski definition) is 0. The second-order valence-electron chi connectivity index (χ2n) is 6.55. The fourth-order valence-corrected chi connectivity index (χ4v) is 4.14. The Balaban J connectivity index is 1.45. The average Bonchev–Trinajstić information content (AvgIpc) is 3.19. The van der Waals surface area contributed by atoms with E-state index in [-0.39, 0.29) is 0 Å². The molecule has 0 saturated carbocycles. The van der Waals surface area contributed by atoms with Crippen LogP contribution in [0.5, 0.6) is 0 Å². The van der Waals surface area contributed by atoms with E-state index in [1.165, 1.54) is 0 Å². The molecular formula is C21H17Cl3N2OS. The van der Waals surface area contributed by atoms with Crippen LogP contribution in [-0.2, 0) is 0 Å². The molecule has 7 heteroatoms. The quantitative estimate of drug-likeness (QED) is 0.429. The van der Waals surface area contributed by atoms with Gasteiger partial charge in [-0.2, -0.15) is 0 Å². The fourth-order valence-electron chi connectivity index (χ4n) is 3.28. The number of furan rings is 1. The van der Waals surface area contributed by atoms with E-state index in [1.807, 2.05) is 30.3 Å². The zero-order valence-electron chi connectivity index (χ0n) is 14.9. The van der Waals surface area contributed by atoms with Gasteiger partial charge in [0.05, 0.1) is 5.02 Å². The molecule has 1 fully saturated rings. The summed E-state index contributed by atoms with van der Waals surface area (Å²) in [7, 11) is 0. The first-order chi connectivity index (χ1) is 13.5. The molecule has 0 bridgehead atoms. The van der Waals surface area contributed by atoms with Crippen molar-refractivity contribution in [1.82, 2.24) is 4.90 Å². The maximum atomic E-state index is 6.28. The second kappa shape index (κ2) is 8.34. The first-order valence-electron chi connectivity index (χ1n) is 8.86. The predicted molar refractivity (Wildman–Crippen MR) is 121 cm³/mol. The van der Waals surface area contributed by atoms with Crippen LogP contribution in [0.1, 0.15) is 5.76 Å². The van der Waals surface area contributed by atoms with Crippen LogP contribution in [-0.4, -0.2) is 36.1 Å². The van der Waals surface area contributed by atoms with Crippen LogP contribution in [0.25, 0.3) is 11.3 Å². The summed E-state index contributed by atoms with van der Waals surface area (Å²) in [4.78, 5) is 5.18. The Hall–Kier alpha value is -1.72. The normalized spacial score (nSPS) is 14.4. The summed E-state index contributed by atoms with van der Waals surface area (Å²) in [5.74, 6) is 1.32. The van der Waals surface area contributed by atoms with Gasteiger partial charge in [0.2, 0.25) is 0 Å². The maximum absolute atomic E-state index is 6.28. The number of thiocarbonyl (C=S) groups is 1. The topological polar surface area (TPSA) is 19.6 Å². The molecule has 0 aliphatic carbocycles. The van der Waals surface area contributed by atoms with E-state index in [4.69, 9.17) is 51.4 Å². The molecule has 0 radical (unpaired) electrons. The molecule has 28 heavy (non-hydrogen) atoms. The molecule has 0 unspecified atom stereocenters. The standard InChI is InChI=1S/C21H17Cl3N2OS/c22-14-2-1-3-16(12-14)25-8-10-26(11-9-25)21(28)20-7-6-19(27-20)17-13-15(23)4-5-18(17)24/h1-7,12-13H,8-11H2. The highest BCUT2D eigenvalue weighted by molar-refractivity contribution is 7.80. The van der Waals surface area contributed by atoms with E-state index in [1.54, 1.807) is 18.2 Å². The lowest BCUT2D eigenvalue weighted by Gasteiger charge is -2.37. The molecule has 0 spiro atoms. The first kappa shape index (κ1) is 19.6. The maximum Gasteiger partial charge on any atom is 0.162 e. The Morgan fingerprint density at radius 2 is 1.61 bits per heavy atom. The van der Waals surface area contributed by atoms with Gasteiger partial charge < -0.3 is 14.2 Å². The van der Waals surface area contributed by atoms with Crippen LogP contribution in [0.2, 0.25) is 15.1 Å². The largest absolute Gasteiger partial charge is 0.454 e. The van der Waals surface area contributed by atoms with Gasteiger partial charge in [-0.05, 0) is 48.5 Å². The lowest BCUT2D eigenvalue weighted by Crippen LogP contribution is -2.48. The van der Waals surface area contributed by atoms with Crippen molar-refractivity contribution in [1.29, 1.82) is 0 Å². The summed E-state index contributed by atoms with van der Waals surface area (Å²) >= 11 is 24.1. The van der Waals surface area contributed by atoms with Gasteiger partial charge in [-0.1, -0.05) is 53.1 Å². The zero-order chi connectivity index (χ0) is 19.7. The summed E-state index contributed by atoms with van der Waals surface area (Å²) in [6.45, 7) is 3.38. The van der Waals surface area contributed by atoms with Crippen molar-refractivity contribution in [3.8, 4) is 11.3 Å². The average molecular weight is 452 g/mol. The van der Waals surface area contributed by atoms with Gasteiger partial charge in [-0.3, -0.25) is 0 Å². The number of anilines is 1.